The quantitative estimate of drug-likeness (QED) is 0.885. The minimum atomic E-state index is -0.136. The molecule has 0 atom stereocenters. The van der Waals surface area contributed by atoms with Crippen LogP contribution in [0.2, 0.25) is 5.02 Å². The highest BCUT2D eigenvalue weighted by Gasteiger charge is 2.16. The van der Waals surface area contributed by atoms with Gasteiger partial charge in [0.15, 0.2) is 0 Å². The van der Waals surface area contributed by atoms with Gasteiger partial charge in [0.2, 0.25) is 0 Å². The zero-order chi connectivity index (χ0) is 16.7. The topological polar surface area (TPSA) is 64.3 Å². The van der Waals surface area contributed by atoms with Crippen molar-refractivity contribution in [2.75, 3.05) is 13.2 Å². The molecule has 0 saturated heterocycles. The Bertz CT molecular complexity index is 708. The van der Waals surface area contributed by atoms with Crippen LogP contribution < -0.4 is 0 Å². The van der Waals surface area contributed by atoms with Crippen molar-refractivity contribution < 1.29 is 9.90 Å². The number of benzene rings is 2. The molecule has 118 valence electrons. The second kappa shape index (κ2) is 8.33. The van der Waals surface area contributed by atoms with E-state index in [1.165, 1.54) is 0 Å². The summed E-state index contributed by atoms with van der Waals surface area (Å²) in [5.41, 5.74) is 1.96. The zero-order valence-electron chi connectivity index (χ0n) is 12.6. The standard InChI is InChI=1S/C18H17ClN2O2/c19-17-4-1-3-15(11-17)13-21(9-2-10-22)18(23)16-7-5-14(12-20)6-8-16/h1,3-8,11,22H,2,9-10,13H2. The highest BCUT2D eigenvalue weighted by atomic mass is 35.5. The average Bonchev–Trinajstić information content (AvgIpc) is 2.58. The van der Waals surface area contributed by atoms with E-state index in [4.69, 9.17) is 22.0 Å². The number of hydrogen-bond acceptors (Lipinski definition) is 3. The second-order valence-electron chi connectivity index (χ2n) is 5.12. The second-order valence-corrected chi connectivity index (χ2v) is 5.56. The highest BCUT2D eigenvalue weighted by molar-refractivity contribution is 6.30. The predicted molar refractivity (Wildman–Crippen MR) is 89.1 cm³/mol. The van der Waals surface area contributed by atoms with Gasteiger partial charge in [-0.3, -0.25) is 4.79 Å². The maximum atomic E-state index is 12.7. The molecule has 0 aliphatic carbocycles. The third-order valence-electron chi connectivity index (χ3n) is 3.40. The van der Waals surface area contributed by atoms with Crippen LogP contribution in [0.25, 0.3) is 0 Å². The fourth-order valence-electron chi connectivity index (χ4n) is 2.24. The molecule has 0 bridgehead atoms. The van der Waals surface area contributed by atoms with Gasteiger partial charge in [-0.05, 0) is 48.4 Å². The lowest BCUT2D eigenvalue weighted by atomic mass is 10.1. The van der Waals surface area contributed by atoms with Crippen molar-refractivity contribution in [3.63, 3.8) is 0 Å². The minimum absolute atomic E-state index is 0.0205. The number of carbonyl (C=O) groups is 1. The first-order valence-electron chi connectivity index (χ1n) is 7.29. The van der Waals surface area contributed by atoms with E-state index < -0.39 is 0 Å². The van der Waals surface area contributed by atoms with Crippen molar-refractivity contribution in [3.8, 4) is 6.07 Å². The zero-order valence-corrected chi connectivity index (χ0v) is 13.3. The minimum Gasteiger partial charge on any atom is -0.396 e. The first kappa shape index (κ1) is 17.0. The molecular formula is C18H17ClN2O2. The first-order chi connectivity index (χ1) is 11.1. The van der Waals surface area contributed by atoms with E-state index in [9.17, 15) is 4.79 Å². The van der Waals surface area contributed by atoms with Crippen LogP contribution >= 0.6 is 11.6 Å². The van der Waals surface area contributed by atoms with Crippen molar-refractivity contribution in [2.45, 2.75) is 13.0 Å². The maximum Gasteiger partial charge on any atom is 0.254 e. The molecule has 0 unspecified atom stereocenters. The molecule has 0 spiro atoms. The molecular weight excluding hydrogens is 312 g/mol. The molecule has 0 aliphatic heterocycles. The molecule has 2 rings (SSSR count). The number of nitrogens with zero attached hydrogens (tertiary/aromatic N) is 2. The lowest BCUT2D eigenvalue weighted by Gasteiger charge is -2.23. The molecule has 2 aromatic rings. The van der Waals surface area contributed by atoms with Crippen molar-refractivity contribution >= 4 is 17.5 Å². The van der Waals surface area contributed by atoms with Gasteiger partial charge in [0.05, 0.1) is 11.6 Å². The molecule has 0 saturated carbocycles. The van der Waals surface area contributed by atoms with E-state index in [2.05, 4.69) is 0 Å². The third-order valence-corrected chi connectivity index (χ3v) is 3.63. The summed E-state index contributed by atoms with van der Waals surface area (Å²) in [6.45, 7) is 0.883. The fraction of sp³-hybridized carbons (Fsp3) is 0.222. The maximum absolute atomic E-state index is 12.7. The van der Waals surface area contributed by atoms with Gasteiger partial charge >= 0.3 is 0 Å². The van der Waals surface area contributed by atoms with Gasteiger partial charge in [-0.25, -0.2) is 0 Å². The molecule has 0 radical (unpaired) electrons. The molecule has 2 aromatic carbocycles. The molecule has 1 N–H and O–H groups in total. The van der Waals surface area contributed by atoms with Crippen LogP contribution in [0.4, 0.5) is 0 Å². The molecule has 0 fully saturated rings. The van der Waals surface area contributed by atoms with Gasteiger partial charge in [0.25, 0.3) is 5.91 Å². The van der Waals surface area contributed by atoms with E-state index in [1.807, 2.05) is 24.3 Å². The Morgan fingerprint density at radius 2 is 1.96 bits per heavy atom. The van der Waals surface area contributed by atoms with Gasteiger partial charge in [-0.15, -0.1) is 0 Å². The summed E-state index contributed by atoms with van der Waals surface area (Å²) in [5, 5.41) is 18.5. The van der Waals surface area contributed by atoms with Crippen LogP contribution in [0.5, 0.6) is 0 Å². The smallest absolute Gasteiger partial charge is 0.254 e. The molecule has 0 heterocycles. The Morgan fingerprint density at radius 1 is 1.22 bits per heavy atom. The summed E-state index contributed by atoms with van der Waals surface area (Å²) in [6, 6.07) is 15.9. The van der Waals surface area contributed by atoms with E-state index in [-0.39, 0.29) is 12.5 Å². The lowest BCUT2D eigenvalue weighted by molar-refractivity contribution is 0.0732. The summed E-state index contributed by atoms with van der Waals surface area (Å²) >= 11 is 5.99. The SMILES string of the molecule is N#Cc1ccc(C(=O)N(CCCO)Cc2cccc(Cl)c2)cc1. The van der Waals surface area contributed by atoms with E-state index in [0.717, 1.165) is 5.56 Å². The van der Waals surface area contributed by atoms with Crippen LogP contribution in [-0.2, 0) is 6.54 Å². The summed E-state index contributed by atoms with van der Waals surface area (Å²) in [7, 11) is 0. The molecule has 4 nitrogen and oxygen atoms in total. The number of amides is 1. The number of rotatable bonds is 6. The number of aliphatic hydroxyl groups excluding tert-OH is 1. The third kappa shape index (κ3) is 4.82. The Kier molecular flexibility index (Phi) is 6.16. The monoisotopic (exact) mass is 328 g/mol. The highest BCUT2D eigenvalue weighted by Crippen LogP contribution is 2.15. The molecule has 1 amide bonds. The normalized spacial score (nSPS) is 10.1. The summed E-state index contributed by atoms with van der Waals surface area (Å²) < 4.78 is 0. The summed E-state index contributed by atoms with van der Waals surface area (Å²) in [6.07, 6.45) is 0.503. The lowest BCUT2D eigenvalue weighted by Crippen LogP contribution is -2.32. The largest absolute Gasteiger partial charge is 0.396 e. The molecule has 0 aliphatic rings. The average molecular weight is 329 g/mol. The van der Waals surface area contributed by atoms with Crippen molar-refractivity contribution in [2.24, 2.45) is 0 Å². The van der Waals surface area contributed by atoms with E-state index in [0.29, 0.717) is 35.7 Å². The fourth-order valence-corrected chi connectivity index (χ4v) is 2.45. The van der Waals surface area contributed by atoms with Crippen molar-refractivity contribution in [1.29, 1.82) is 5.26 Å². The first-order valence-corrected chi connectivity index (χ1v) is 7.66. The summed E-state index contributed by atoms with van der Waals surface area (Å²) in [5.74, 6) is -0.136. The van der Waals surface area contributed by atoms with Crippen LogP contribution in [0.3, 0.4) is 0 Å². The van der Waals surface area contributed by atoms with Crippen LogP contribution in [0.1, 0.15) is 27.9 Å². The molecule has 5 heteroatoms. The number of halogens is 1. The van der Waals surface area contributed by atoms with E-state index >= 15 is 0 Å². The van der Waals surface area contributed by atoms with Crippen LogP contribution in [0.15, 0.2) is 48.5 Å². The Labute approximate surface area is 140 Å². The van der Waals surface area contributed by atoms with Crippen molar-refractivity contribution in [3.05, 3.63) is 70.2 Å². The van der Waals surface area contributed by atoms with Crippen LogP contribution in [-0.4, -0.2) is 29.1 Å². The van der Waals surface area contributed by atoms with Gasteiger partial charge in [-0.1, -0.05) is 23.7 Å². The van der Waals surface area contributed by atoms with Gasteiger partial charge in [0, 0.05) is 30.3 Å². The van der Waals surface area contributed by atoms with Crippen molar-refractivity contribution in [1.82, 2.24) is 4.90 Å². The number of carbonyl (C=O) groups excluding carboxylic acids is 1. The molecule has 0 aromatic heterocycles. The van der Waals surface area contributed by atoms with Gasteiger partial charge in [0.1, 0.15) is 0 Å². The Morgan fingerprint density at radius 3 is 2.57 bits per heavy atom. The number of aliphatic hydroxyl groups is 1. The Balaban J connectivity index is 2.19. The van der Waals surface area contributed by atoms with Crippen LogP contribution in [0, 0.1) is 11.3 Å². The van der Waals surface area contributed by atoms with E-state index in [1.54, 1.807) is 35.2 Å². The number of hydrogen-bond donors (Lipinski definition) is 1. The van der Waals surface area contributed by atoms with Gasteiger partial charge < -0.3 is 10.0 Å². The Hall–Kier alpha value is -2.35. The summed E-state index contributed by atoms with van der Waals surface area (Å²) in [4.78, 5) is 14.3. The number of nitriles is 1. The van der Waals surface area contributed by atoms with Gasteiger partial charge in [-0.2, -0.15) is 5.26 Å². The molecule has 23 heavy (non-hydrogen) atoms. The predicted octanol–water partition coefficient (Wildman–Crippen LogP) is 3.24.